The zero-order valence-electron chi connectivity index (χ0n) is 10.3. The standard InChI is InChI=1S/C14H18BrNO2/c15-9-10-16(12-5-4-6-12)14(17)11-18-13-7-2-1-3-8-13/h1-3,7-8,12H,4-6,9-11H2. The number of carbonyl (C=O) groups excluding carboxylic acids is 1. The summed E-state index contributed by atoms with van der Waals surface area (Å²) in [5.41, 5.74) is 0. The number of carbonyl (C=O) groups is 1. The van der Waals surface area contributed by atoms with Crippen molar-refractivity contribution in [3.63, 3.8) is 0 Å². The summed E-state index contributed by atoms with van der Waals surface area (Å²) in [6, 6.07) is 9.90. The highest BCUT2D eigenvalue weighted by atomic mass is 79.9. The second-order valence-electron chi connectivity index (χ2n) is 4.46. The number of hydrogen-bond acceptors (Lipinski definition) is 2. The molecule has 4 heteroatoms. The lowest BCUT2D eigenvalue weighted by atomic mass is 9.91. The number of benzene rings is 1. The molecular formula is C14H18BrNO2. The molecule has 0 radical (unpaired) electrons. The molecule has 0 N–H and O–H groups in total. The van der Waals surface area contributed by atoms with Gasteiger partial charge in [-0.25, -0.2) is 0 Å². The van der Waals surface area contributed by atoms with Gasteiger partial charge in [-0.15, -0.1) is 0 Å². The highest BCUT2D eigenvalue weighted by Gasteiger charge is 2.28. The summed E-state index contributed by atoms with van der Waals surface area (Å²) in [6.45, 7) is 0.898. The van der Waals surface area contributed by atoms with Gasteiger partial charge in [0.25, 0.3) is 5.91 Å². The Morgan fingerprint density at radius 1 is 1.33 bits per heavy atom. The van der Waals surface area contributed by atoms with Gasteiger partial charge in [0.15, 0.2) is 6.61 Å². The van der Waals surface area contributed by atoms with E-state index in [1.54, 1.807) is 0 Å². The first-order valence-electron chi connectivity index (χ1n) is 6.34. The Morgan fingerprint density at radius 2 is 2.06 bits per heavy atom. The predicted molar refractivity (Wildman–Crippen MR) is 75.1 cm³/mol. The first-order valence-corrected chi connectivity index (χ1v) is 7.46. The number of para-hydroxylation sites is 1. The number of rotatable bonds is 6. The highest BCUT2D eigenvalue weighted by molar-refractivity contribution is 9.09. The molecule has 98 valence electrons. The van der Waals surface area contributed by atoms with Crippen molar-refractivity contribution >= 4 is 21.8 Å². The third-order valence-corrected chi connectivity index (χ3v) is 3.62. The SMILES string of the molecule is O=C(COc1ccccc1)N(CCBr)C1CCC1. The lowest BCUT2D eigenvalue weighted by Gasteiger charge is -2.37. The third-order valence-electron chi connectivity index (χ3n) is 3.27. The van der Waals surface area contributed by atoms with Crippen LogP contribution in [0.15, 0.2) is 30.3 Å². The normalized spacial score (nSPS) is 14.9. The molecule has 3 nitrogen and oxygen atoms in total. The first-order chi connectivity index (χ1) is 8.81. The smallest absolute Gasteiger partial charge is 0.260 e. The van der Waals surface area contributed by atoms with Gasteiger partial charge in [0.1, 0.15) is 5.75 Å². The van der Waals surface area contributed by atoms with Gasteiger partial charge in [0.05, 0.1) is 0 Å². The molecule has 18 heavy (non-hydrogen) atoms. The van der Waals surface area contributed by atoms with Gasteiger partial charge < -0.3 is 9.64 Å². The van der Waals surface area contributed by atoms with Gasteiger partial charge in [-0.05, 0) is 31.4 Å². The molecule has 0 aliphatic heterocycles. The summed E-state index contributed by atoms with van der Waals surface area (Å²) in [7, 11) is 0. The maximum atomic E-state index is 12.1. The summed E-state index contributed by atoms with van der Waals surface area (Å²) in [4.78, 5) is 14.1. The number of halogens is 1. The van der Waals surface area contributed by atoms with Crippen LogP contribution in [-0.2, 0) is 4.79 Å². The lowest BCUT2D eigenvalue weighted by Crippen LogP contribution is -2.47. The Labute approximate surface area is 116 Å². The molecule has 1 aliphatic rings. The average Bonchev–Trinajstić information content (AvgIpc) is 2.34. The molecule has 1 aromatic carbocycles. The van der Waals surface area contributed by atoms with Crippen LogP contribution in [0.1, 0.15) is 19.3 Å². The minimum atomic E-state index is 0.0861. The number of ether oxygens (including phenoxy) is 1. The van der Waals surface area contributed by atoms with Crippen LogP contribution in [0.3, 0.4) is 0 Å². The number of hydrogen-bond donors (Lipinski definition) is 0. The first kappa shape index (κ1) is 13.4. The molecule has 1 fully saturated rings. The minimum Gasteiger partial charge on any atom is -0.484 e. The van der Waals surface area contributed by atoms with Crippen LogP contribution < -0.4 is 4.74 Å². The van der Waals surface area contributed by atoms with Crippen LogP contribution in [0.2, 0.25) is 0 Å². The van der Waals surface area contributed by atoms with E-state index in [9.17, 15) is 4.79 Å². The van der Waals surface area contributed by atoms with Crippen molar-refractivity contribution in [2.24, 2.45) is 0 Å². The number of amides is 1. The van der Waals surface area contributed by atoms with Crippen molar-refractivity contribution in [2.45, 2.75) is 25.3 Å². The molecule has 1 aliphatic carbocycles. The molecule has 0 unspecified atom stereocenters. The molecule has 1 aromatic rings. The van der Waals surface area contributed by atoms with Crippen molar-refractivity contribution in [3.05, 3.63) is 30.3 Å². The van der Waals surface area contributed by atoms with Crippen LogP contribution in [0.5, 0.6) is 5.75 Å². The highest BCUT2D eigenvalue weighted by Crippen LogP contribution is 2.25. The summed E-state index contributed by atoms with van der Waals surface area (Å²) in [5.74, 6) is 0.834. The van der Waals surface area contributed by atoms with Gasteiger partial charge in [0.2, 0.25) is 0 Å². The second kappa shape index (κ2) is 6.78. The van der Waals surface area contributed by atoms with Gasteiger partial charge >= 0.3 is 0 Å². The average molecular weight is 312 g/mol. The zero-order chi connectivity index (χ0) is 12.8. The summed E-state index contributed by atoms with van der Waals surface area (Å²) in [5, 5.41) is 0.820. The maximum absolute atomic E-state index is 12.1. The zero-order valence-corrected chi connectivity index (χ0v) is 11.9. The molecule has 0 saturated heterocycles. The van der Waals surface area contributed by atoms with Crippen LogP contribution in [0, 0.1) is 0 Å². The predicted octanol–water partition coefficient (Wildman–Crippen LogP) is 2.84. The van der Waals surface area contributed by atoms with E-state index in [1.807, 2.05) is 35.2 Å². The molecule has 0 heterocycles. The van der Waals surface area contributed by atoms with E-state index in [0.717, 1.165) is 30.5 Å². The fraction of sp³-hybridized carbons (Fsp3) is 0.500. The van der Waals surface area contributed by atoms with E-state index in [2.05, 4.69) is 15.9 Å². The Hall–Kier alpha value is -1.03. The number of nitrogens with zero attached hydrogens (tertiary/aromatic N) is 1. The summed E-state index contributed by atoms with van der Waals surface area (Å²) in [6.07, 6.45) is 3.49. The fourth-order valence-corrected chi connectivity index (χ4v) is 2.43. The Kier molecular flexibility index (Phi) is 5.05. The van der Waals surface area contributed by atoms with E-state index in [4.69, 9.17) is 4.74 Å². The molecule has 1 amide bonds. The Balaban J connectivity index is 1.85. The van der Waals surface area contributed by atoms with Crippen LogP contribution in [-0.4, -0.2) is 35.3 Å². The molecule has 2 rings (SSSR count). The van der Waals surface area contributed by atoms with E-state index >= 15 is 0 Å². The van der Waals surface area contributed by atoms with Crippen molar-refractivity contribution < 1.29 is 9.53 Å². The van der Waals surface area contributed by atoms with Crippen molar-refractivity contribution in [1.82, 2.24) is 4.90 Å². The second-order valence-corrected chi connectivity index (χ2v) is 5.26. The van der Waals surface area contributed by atoms with E-state index in [-0.39, 0.29) is 12.5 Å². The maximum Gasteiger partial charge on any atom is 0.260 e. The molecule has 1 saturated carbocycles. The Morgan fingerprint density at radius 3 is 2.61 bits per heavy atom. The van der Waals surface area contributed by atoms with Crippen molar-refractivity contribution in [1.29, 1.82) is 0 Å². The van der Waals surface area contributed by atoms with Gasteiger partial charge in [-0.3, -0.25) is 4.79 Å². The quantitative estimate of drug-likeness (QED) is 0.756. The van der Waals surface area contributed by atoms with Gasteiger partial charge in [-0.1, -0.05) is 34.1 Å². The van der Waals surface area contributed by atoms with E-state index in [0.29, 0.717) is 6.04 Å². The van der Waals surface area contributed by atoms with Gasteiger partial charge in [0, 0.05) is 17.9 Å². The third kappa shape index (κ3) is 3.48. The minimum absolute atomic E-state index is 0.0861. The fourth-order valence-electron chi connectivity index (χ4n) is 2.05. The summed E-state index contributed by atoms with van der Waals surface area (Å²) >= 11 is 3.40. The summed E-state index contributed by atoms with van der Waals surface area (Å²) < 4.78 is 5.51. The van der Waals surface area contributed by atoms with Crippen LogP contribution in [0.25, 0.3) is 0 Å². The van der Waals surface area contributed by atoms with Gasteiger partial charge in [-0.2, -0.15) is 0 Å². The van der Waals surface area contributed by atoms with Crippen LogP contribution in [0.4, 0.5) is 0 Å². The van der Waals surface area contributed by atoms with E-state index < -0.39 is 0 Å². The number of alkyl halides is 1. The lowest BCUT2D eigenvalue weighted by molar-refractivity contribution is -0.137. The van der Waals surface area contributed by atoms with Crippen molar-refractivity contribution in [2.75, 3.05) is 18.5 Å². The topological polar surface area (TPSA) is 29.5 Å². The Bertz CT molecular complexity index is 379. The molecular weight excluding hydrogens is 294 g/mol. The van der Waals surface area contributed by atoms with Crippen LogP contribution >= 0.6 is 15.9 Å². The molecule has 0 spiro atoms. The molecule has 0 atom stereocenters. The largest absolute Gasteiger partial charge is 0.484 e. The molecule has 0 bridgehead atoms. The monoisotopic (exact) mass is 311 g/mol. The molecule has 0 aromatic heterocycles. The van der Waals surface area contributed by atoms with Crippen molar-refractivity contribution in [3.8, 4) is 5.75 Å². The van der Waals surface area contributed by atoms with E-state index in [1.165, 1.54) is 6.42 Å².